The molecule has 4 aromatic carbocycles. The van der Waals surface area contributed by atoms with E-state index >= 15 is 0 Å². The number of carbonyl (C=O) groups is 4. The van der Waals surface area contributed by atoms with E-state index in [9.17, 15) is 49.8 Å². The number of phenolic OH excluding ortho intramolecular Hbond substituents is 2. The summed E-state index contributed by atoms with van der Waals surface area (Å²) in [6.45, 7) is 32.3. The highest BCUT2D eigenvalue weighted by atomic mass is 16.4. The van der Waals surface area contributed by atoms with E-state index in [-0.39, 0.29) is 21.7 Å². The van der Waals surface area contributed by atoms with Crippen molar-refractivity contribution < 1.29 is 49.8 Å². The van der Waals surface area contributed by atoms with Gasteiger partial charge >= 0.3 is 23.9 Å². The minimum Gasteiger partial charge on any atom is -0.508 e. The standard InChI is InChI=1S/2C27H44O2.2C26H42O3/c1-22-14-13-16-23(15-9-5-7-11-18-26(2,3)4)24(22)17-10-6-8-12-19-27(20-21-27)25(28)29;1-22-15-16-23(13-9-5-7-11-17-26(2,3)4)24(21-22)14-10-6-8-12-18-27(19-20-27)25(28)29;1-25(2,3)16-10-6-4-9-13-22-20-23(27)15-14-21(22)12-8-5-7-11-17-26(18-19-26)24(28)29;1-25(2,3)16-10-6-4-8-12-21-14-15-23(27)20-22(21)13-9-5-7-11-17-26(18-19-26)24(28)29/h13-14,16H,5-12,15,17-21H2,1-4H3,(H,28,29);15-16,21H,5-14,17-20H2,1-4H3,(H,28,29);2*14-15,20,27H,4-13,16-19H2,1-3H3,(H,28,29). The van der Waals surface area contributed by atoms with Crippen LogP contribution in [-0.2, 0) is 70.5 Å². The van der Waals surface area contributed by atoms with Crippen LogP contribution in [0.25, 0.3) is 0 Å². The van der Waals surface area contributed by atoms with Crippen molar-refractivity contribution in [2.45, 2.75) is 456 Å². The third-order valence-electron chi connectivity index (χ3n) is 26.4. The van der Waals surface area contributed by atoms with Gasteiger partial charge in [-0.15, -0.1) is 0 Å². The molecule has 4 aromatic rings. The van der Waals surface area contributed by atoms with E-state index in [2.05, 4.69) is 145 Å². The largest absolute Gasteiger partial charge is 0.508 e. The summed E-state index contributed by atoms with van der Waals surface area (Å²) < 4.78 is 0. The second-order valence-electron chi connectivity index (χ2n) is 42.3. The Morgan fingerprint density at radius 2 is 0.500 bits per heavy atom. The van der Waals surface area contributed by atoms with Crippen LogP contribution in [0.3, 0.4) is 0 Å². The number of unbranched alkanes of at least 4 members (excludes halogenated alkanes) is 24. The highest BCUT2D eigenvalue weighted by molar-refractivity contribution is 5.79. The molecule has 0 radical (unpaired) electrons. The number of hydrogen-bond donors (Lipinski definition) is 6. The molecule has 0 unspecified atom stereocenters. The zero-order chi connectivity index (χ0) is 85.3. The van der Waals surface area contributed by atoms with Gasteiger partial charge in [-0.1, -0.05) is 291 Å². The molecule has 4 aliphatic carbocycles. The van der Waals surface area contributed by atoms with E-state index in [0.29, 0.717) is 33.2 Å². The maximum absolute atomic E-state index is 11.3. The van der Waals surface area contributed by atoms with Gasteiger partial charge in [0.25, 0.3) is 0 Å². The highest BCUT2D eigenvalue weighted by Crippen LogP contribution is 2.53. The van der Waals surface area contributed by atoms with E-state index in [1.54, 1.807) is 22.3 Å². The molecular formula is C106H172O10. The Balaban J connectivity index is 0.000000276. The van der Waals surface area contributed by atoms with Gasteiger partial charge in [0.1, 0.15) is 11.5 Å². The first-order valence-corrected chi connectivity index (χ1v) is 47.6. The van der Waals surface area contributed by atoms with E-state index in [4.69, 9.17) is 0 Å². The lowest BCUT2D eigenvalue weighted by Gasteiger charge is -2.17. The van der Waals surface area contributed by atoms with E-state index in [0.717, 1.165) is 167 Å². The van der Waals surface area contributed by atoms with Crippen LogP contribution < -0.4 is 0 Å². The number of hydrogen-bond acceptors (Lipinski definition) is 6. The molecule has 0 atom stereocenters. The van der Waals surface area contributed by atoms with Crippen molar-refractivity contribution in [3.63, 3.8) is 0 Å². The van der Waals surface area contributed by atoms with Crippen molar-refractivity contribution in [3.8, 4) is 11.5 Å². The second-order valence-corrected chi connectivity index (χ2v) is 42.3. The average molecular weight is 1610 g/mol. The topological polar surface area (TPSA) is 190 Å². The molecule has 10 heteroatoms. The van der Waals surface area contributed by atoms with E-state index in [1.807, 2.05) is 24.3 Å². The Labute approximate surface area is 709 Å². The predicted octanol–water partition coefficient (Wildman–Crippen LogP) is 30.4. The molecule has 8 rings (SSSR count). The molecule has 656 valence electrons. The molecule has 0 amide bonds. The Kier molecular flexibility index (Phi) is 44.5. The summed E-state index contributed by atoms with van der Waals surface area (Å²) in [6, 6.07) is 25.5. The second kappa shape index (κ2) is 51.2. The summed E-state index contributed by atoms with van der Waals surface area (Å²) in [7, 11) is 0. The lowest BCUT2D eigenvalue weighted by Crippen LogP contribution is -2.14. The number of carboxylic acid groups (broad SMARTS) is 4. The monoisotopic (exact) mass is 1610 g/mol. The van der Waals surface area contributed by atoms with Crippen LogP contribution in [-0.4, -0.2) is 54.5 Å². The van der Waals surface area contributed by atoms with Crippen LogP contribution in [0.4, 0.5) is 0 Å². The van der Waals surface area contributed by atoms with E-state index < -0.39 is 23.9 Å². The van der Waals surface area contributed by atoms with Crippen molar-refractivity contribution in [2.75, 3.05) is 0 Å². The summed E-state index contributed by atoms with van der Waals surface area (Å²) in [5, 5.41) is 56.8. The first-order valence-electron chi connectivity index (χ1n) is 47.6. The van der Waals surface area contributed by atoms with E-state index in [1.165, 1.54) is 226 Å². The summed E-state index contributed by atoms with van der Waals surface area (Å²) in [4.78, 5) is 44.9. The molecule has 0 aromatic heterocycles. The molecule has 0 heterocycles. The van der Waals surface area contributed by atoms with Gasteiger partial charge in [-0.25, -0.2) is 0 Å². The number of aliphatic carboxylic acids is 4. The van der Waals surface area contributed by atoms with Crippen molar-refractivity contribution in [2.24, 2.45) is 43.3 Å². The first kappa shape index (κ1) is 101. The Morgan fingerprint density at radius 3 is 0.767 bits per heavy atom. The molecule has 10 nitrogen and oxygen atoms in total. The van der Waals surface area contributed by atoms with Crippen LogP contribution in [0.5, 0.6) is 11.5 Å². The molecule has 4 fully saturated rings. The minimum atomic E-state index is -0.597. The maximum Gasteiger partial charge on any atom is 0.309 e. The lowest BCUT2D eigenvalue weighted by atomic mass is 9.89. The SMILES string of the molecule is CC(C)(C)CCCCCCc1cc(O)ccc1CCCCCCC1(C(=O)O)CC1.CC(C)(C)CCCCCCc1ccc(O)cc1CCCCCCC1(C(=O)O)CC1.Cc1ccc(CCCCCCC(C)(C)C)c(CCCCCCC2(C(=O)O)CC2)c1.Cc1cccc(CCCCCCC(C)(C)C)c1CCCCCCC1(C(=O)O)CC1. The van der Waals surface area contributed by atoms with Crippen molar-refractivity contribution in [1.82, 2.24) is 0 Å². The summed E-state index contributed by atoms with van der Waals surface area (Å²) in [5.41, 5.74) is 14.8. The summed E-state index contributed by atoms with van der Waals surface area (Å²) in [6.07, 6.45) is 63.9. The molecule has 4 saturated carbocycles. The number of phenols is 2. The number of rotatable bonds is 56. The van der Waals surface area contributed by atoms with Gasteiger partial charge in [0, 0.05) is 0 Å². The molecule has 0 aliphatic heterocycles. The molecule has 0 saturated heterocycles. The third kappa shape index (κ3) is 42.5. The van der Waals surface area contributed by atoms with Crippen molar-refractivity contribution in [1.29, 1.82) is 0 Å². The summed E-state index contributed by atoms with van der Waals surface area (Å²) >= 11 is 0. The fourth-order valence-corrected chi connectivity index (χ4v) is 17.5. The Bertz CT molecular complexity index is 3320. The number of aromatic hydroxyl groups is 2. The first-order chi connectivity index (χ1) is 54.9. The molecule has 116 heavy (non-hydrogen) atoms. The van der Waals surface area contributed by atoms with Crippen LogP contribution >= 0.6 is 0 Å². The fourth-order valence-electron chi connectivity index (χ4n) is 17.5. The Morgan fingerprint density at radius 1 is 0.267 bits per heavy atom. The van der Waals surface area contributed by atoms with Gasteiger partial charge in [-0.05, 0) is 315 Å². The van der Waals surface area contributed by atoms with Crippen LogP contribution in [0.2, 0.25) is 0 Å². The third-order valence-corrected chi connectivity index (χ3v) is 26.4. The molecule has 4 aliphatic rings. The molecule has 0 bridgehead atoms. The average Bonchev–Trinajstić information content (AvgIpc) is 1.66. The molecule has 0 spiro atoms. The lowest BCUT2D eigenvalue weighted by molar-refractivity contribution is -0.144. The quantitative estimate of drug-likeness (QED) is 0.0232. The van der Waals surface area contributed by atoms with Crippen molar-refractivity contribution in [3.05, 3.63) is 128 Å². The van der Waals surface area contributed by atoms with Crippen LogP contribution in [0.1, 0.15) is 447 Å². The van der Waals surface area contributed by atoms with Crippen LogP contribution in [0.15, 0.2) is 72.8 Å². The minimum absolute atomic E-state index is 0.337. The number of aryl methyl sites for hydroxylation is 9. The predicted molar refractivity (Wildman–Crippen MR) is 488 cm³/mol. The Hall–Kier alpha value is -5.64. The fraction of sp³-hybridized carbons (Fsp3) is 0.736. The number of carboxylic acids is 4. The zero-order valence-corrected chi connectivity index (χ0v) is 76.8. The smallest absolute Gasteiger partial charge is 0.309 e. The van der Waals surface area contributed by atoms with Gasteiger partial charge in [-0.2, -0.15) is 0 Å². The van der Waals surface area contributed by atoms with Gasteiger partial charge in [0.2, 0.25) is 0 Å². The van der Waals surface area contributed by atoms with Gasteiger partial charge < -0.3 is 30.6 Å². The van der Waals surface area contributed by atoms with Gasteiger partial charge in [-0.3, -0.25) is 19.2 Å². The van der Waals surface area contributed by atoms with Gasteiger partial charge in [0.05, 0.1) is 21.7 Å². The van der Waals surface area contributed by atoms with Gasteiger partial charge in [0.15, 0.2) is 0 Å². The maximum atomic E-state index is 11.3. The highest BCUT2D eigenvalue weighted by Gasteiger charge is 2.51. The molecular weight excluding hydrogens is 1430 g/mol. The number of benzene rings is 4. The zero-order valence-electron chi connectivity index (χ0n) is 76.8. The molecule has 6 N–H and O–H groups in total. The summed E-state index contributed by atoms with van der Waals surface area (Å²) in [5.74, 6) is -1.59. The van der Waals surface area contributed by atoms with Crippen LogP contribution in [0, 0.1) is 57.2 Å². The normalized spacial score (nSPS) is 15.4. The van der Waals surface area contributed by atoms with Crippen molar-refractivity contribution >= 4 is 23.9 Å².